The summed E-state index contributed by atoms with van der Waals surface area (Å²) in [5, 5.41) is 8.01. The number of nitrogens with one attached hydrogen (secondary N) is 1. The molecule has 0 saturated carbocycles. The van der Waals surface area contributed by atoms with Crippen molar-refractivity contribution in [1.29, 1.82) is 0 Å². The van der Waals surface area contributed by atoms with Gasteiger partial charge < -0.3 is 15.8 Å². The van der Waals surface area contributed by atoms with E-state index in [-0.39, 0.29) is 11.3 Å². The Morgan fingerprint density at radius 2 is 1.94 bits per heavy atom. The van der Waals surface area contributed by atoms with Crippen LogP contribution in [0.4, 0.5) is 5.00 Å². The number of nitrogens with two attached hydrogens (primary N) is 1. The summed E-state index contributed by atoms with van der Waals surface area (Å²) in [6.07, 6.45) is 5.22. The van der Waals surface area contributed by atoms with Crippen molar-refractivity contribution in [3.63, 3.8) is 0 Å². The lowest BCUT2D eigenvalue weighted by Gasteiger charge is -2.11. The van der Waals surface area contributed by atoms with Gasteiger partial charge in [0.1, 0.15) is 5.00 Å². The lowest BCUT2D eigenvalue weighted by atomic mass is 10.1. The molecule has 1 aromatic carbocycles. The van der Waals surface area contributed by atoms with Gasteiger partial charge in [-0.1, -0.05) is 38.0 Å². The number of esters is 1. The van der Waals surface area contributed by atoms with Gasteiger partial charge in [0.15, 0.2) is 12.3 Å². The minimum absolute atomic E-state index is 0.0209. The van der Waals surface area contributed by atoms with Crippen LogP contribution in [0.15, 0.2) is 29.1 Å². The summed E-state index contributed by atoms with van der Waals surface area (Å²) >= 11 is 1.33. The summed E-state index contributed by atoms with van der Waals surface area (Å²) in [5.41, 5.74) is 6.46. The second kappa shape index (κ2) is 10.2. The summed E-state index contributed by atoms with van der Waals surface area (Å²) in [5.74, 6) is -1.98. The highest BCUT2D eigenvalue weighted by Gasteiger charge is 2.26. The number of primary amides is 1. The number of fused-ring (bicyclic) bond motifs is 2. The first-order valence-corrected chi connectivity index (χ1v) is 12.1. The van der Waals surface area contributed by atoms with Gasteiger partial charge in [0.2, 0.25) is 0 Å². The molecule has 3 aromatic rings. The number of amides is 2. The van der Waals surface area contributed by atoms with Crippen LogP contribution in [-0.4, -0.2) is 34.2 Å². The molecule has 0 fully saturated rings. The van der Waals surface area contributed by atoms with Crippen LogP contribution in [0, 0.1) is 0 Å². The summed E-state index contributed by atoms with van der Waals surface area (Å²) < 4.78 is 6.51. The molecule has 0 radical (unpaired) electrons. The Morgan fingerprint density at radius 3 is 2.68 bits per heavy atom. The molecule has 34 heavy (non-hydrogen) atoms. The standard InChI is InChI=1S/C24H26N4O5S/c1-2-3-6-12-28-23(31)15-9-5-4-8-14(15)20(27-28)24(32)33-13-18(29)26-22-19(21(25)30)16-10-7-11-17(16)34-22/h4-5,8-9H,2-3,6-7,10-13H2,1H3,(H2,25,30)(H,26,29). The molecule has 3 N–H and O–H groups in total. The average molecular weight is 483 g/mol. The summed E-state index contributed by atoms with van der Waals surface area (Å²) in [6.45, 7) is 1.88. The van der Waals surface area contributed by atoms with Crippen molar-refractivity contribution in [2.24, 2.45) is 5.73 Å². The van der Waals surface area contributed by atoms with Crippen molar-refractivity contribution in [3.05, 3.63) is 56.3 Å². The molecular weight excluding hydrogens is 456 g/mol. The van der Waals surface area contributed by atoms with Gasteiger partial charge in [-0.3, -0.25) is 14.4 Å². The van der Waals surface area contributed by atoms with Gasteiger partial charge >= 0.3 is 5.97 Å². The Bertz CT molecular complexity index is 1330. The largest absolute Gasteiger partial charge is 0.451 e. The molecule has 4 rings (SSSR count). The molecular formula is C24H26N4O5S. The Morgan fingerprint density at radius 1 is 1.18 bits per heavy atom. The van der Waals surface area contributed by atoms with E-state index in [2.05, 4.69) is 17.3 Å². The van der Waals surface area contributed by atoms with E-state index in [1.807, 2.05) is 0 Å². The first-order valence-electron chi connectivity index (χ1n) is 11.3. The molecule has 2 amide bonds. The number of aromatic nitrogens is 2. The second-order valence-electron chi connectivity index (χ2n) is 8.18. The number of rotatable bonds is 9. The zero-order valence-corrected chi connectivity index (χ0v) is 19.7. The number of thiophene rings is 1. The molecule has 10 heteroatoms. The second-order valence-corrected chi connectivity index (χ2v) is 9.28. The van der Waals surface area contributed by atoms with Crippen molar-refractivity contribution in [2.45, 2.75) is 52.0 Å². The average Bonchev–Trinajstić information content (AvgIpc) is 3.40. The fourth-order valence-electron chi connectivity index (χ4n) is 4.16. The Hall–Kier alpha value is -3.53. The van der Waals surface area contributed by atoms with E-state index in [1.165, 1.54) is 16.0 Å². The number of ether oxygens (including phenoxy) is 1. The quantitative estimate of drug-likeness (QED) is 0.356. The molecule has 2 heterocycles. The van der Waals surface area contributed by atoms with Crippen LogP contribution in [0.3, 0.4) is 0 Å². The normalized spacial score (nSPS) is 12.5. The highest BCUT2D eigenvalue weighted by Crippen LogP contribution is 2.38. The number of hydrogen-bond donors (Lipinski definition) is 2. The molecule has 2 aromatic heterocycles. The van der Waals surface area contributed by atoms with E-state index >= 15 is 0 Å². The van der Waals surface area contributed by atoms with Crippen LogP contribution < -0.4 is 16.6 Å². The molecule has 0 saturated heterocycles. The van der Waals surface area contributed by atoms with E-state index < -0.39 is 24.4 Å². The van der Waals surface area contributed by atoms with Crippen molar-refractivity contribution >= 4 is 44.9 Å². The molecule has 0 aliphatic heterocycles. The van der Waals surface area contributed by atoms with Crippen LogP contribution in [0.25, 0.3) is 10.8 Å². The van der Waals surface area contributed by atoms with Crippen LogP contribution >= 0.6 is 11.3 Å². The molecule has 0 spiro atoms. The van der Waals surface area contributed by atoms with Crippen LogP contribution in [0.2, 0.25) is 0 Å². The summed E-state index contributed by atoms with van der Waals surface area (Å²) in [6, 6.07) is 6.69. The Labute approximate surface area is 199 Å². The third-order valence-corrected chi connectivity index (χ3v) is 7.00. The SMILES string of the molecule is CCCCCn1nc(C(=O)OCC(=O)Nc2sc3c(c2C(N)=O)CCC3)c2ccccc2c1=O. The number of unbranched alkanes of at least 4 members (excludes halogenated alkanes) is 2. The molecule has 178 valence electrons. The fraction of sp³-hybridized carbons (Fsp3) is 0.375. The number of benzene rings is 1. The first kappa shape index (κ1) is 23.6. The molecule has 9 nitrogen and oxygen atoms in total. The molecule has 0 bridgehead atoms. The number of anilines is 1. The van der Waals surface area contributed by atoms with E-state index in [0.29, 0.717) is 27.9 Å². The monoisotopic (exact) mass is 482 g/mol. The maximum atomic E-state index is 12.8. The minimum Gasteiger partial charge on any atom is -0.451 e. The lowest BCUT2D eigenvalue weighted by molar-refractivity contribution is -0.119. The van der Waals surface area contributed by atoms with Crippen molar-refractivity contribution in [1.82, 2.24) is 9.78 Å². The van der Waals surface area contributed by atoms with Crippen LogP contribution in [0.1, 0.15) is 63.9 Å². The third-order valence-electron chi connectivity index (χ3n) is 5.79. The Kier molecular flexibility index (Phi) is 7.06. The Balaban J connectivity index is 1.50. The minimum atomic E-state index is -0.806. The highest BCUT2D eigenvalue weighted by atomic mass is 32.1. The van der Waals surface area contributed by atoms with Crippen LogP contribution in [0.5, 0.6) is 0 Å². The predicted molar refractivity (Wildman–Crippen MR) is 129 cm³/mol. The first-order chi connectivity index (χ1) is 16.4. The van der Waals surface area contributed by atoms with E-state index in [9.17, 15) is 19.2 Å². The van der Waals surface area contributed by atoms with Gasteiger partial charge in [-0.25, -0.2) is 9.48 Å². The van der Waals surface area contributed by atoms with E-state index in [4.69, 9.17) is 10.5 Å². The van der Waals surface area contributed by atoms with Gasteiger partial charge in [-0.15, -0.1) is 11.3 Å². The maximum Gasteiger partial charge on any atom is 0.359 e. The predicted octanol–water partition coefficient (Wildman–Crippen LogP) is 3.03. The van der Waals surface area contributed by atoms with Crippen LogP contribution in [-0.2, 0) is 28.9 Å². The number of carbonyl (C=O) groups excluding carboxylic acids is 3. The summed E-state index contributed by atoms with van der Waals surface area (Å²) in [7, 11) is 0. The van der Waals surface area contributed by atoms with Gasteiger partial charge in [0, 0.05) is 16.8 Å². The number of hydrogen-bond acceptors (Lipinski definition) is 7. The van der Waals surface area contributed by atoms with E-state index in [0.717, 1.165) is 49.0 Å². The topological polar surface area (TPSA) is 133 Å². The molecule has 1 aliphatic carbocycles. The van der Waals surface area contributed by atoms with Gasteiger partial charge in [0.25, 0.3) is 17.4 Å². The molecule has 0 atom stereocenters. The zero-order chi connectivity index (χ0) is 24.2. The van der Waals surface area contributed by atoms with Gasteiger partial charge in [0.05, 0.1) is 10.9 Å². The molecule has 1 aliphatic rings. The number of nitrogens with zero attached hydrogens (tertiary/aromatic N) is 2. The summed E-state index contributed by atoms with van der Waals surface area (Å²) in [4.78, 5) is 51.1. The highest BCUT2D eigenvalue weighted by molar-refractivity contribution is 7.17. The van der Waals surface area contributed by atoms with Gasteiger partial charge in [-0.2, -0.15) is 5.10 Å². The smallest absolute Gasteiger partial charge is 0.359 e. The lowest BCUT2D eigenvalue weighted by Crippen LogP contribution is -2.28. The van der Waals surface area contributed by atoms with E-state index in [1.54, 1.807) is 24.3 Å². The van der Waals surface area contributed by atoms with Crippen molar-refractivity contribution < 1.29 is 19.1 Å². The fourth-order valence-corrected chi connectivity index (χ4v) is 5.48. The number of aryl methyl sites for hydroxylation is 2. The van der Waals surface area contributed by atoms with Crippen molar-refractivity contribution in [2.75, 3.05) is 11.9 Å². The van der Waals surface area contributed by atoms with Crippen molar-refractivity contribution in [3.8, 4) is 0 Å². The number of carbonyl (C=O) groups is 3. The molecule has 0 unspecified atom stereocenters. The third kappa shape index (κ3) is 4.72. The van der Waals surface area contributed by atoms with Gasteiger partial charge in [-0.05, 0) is 37.3 Å². The zero-order valence-electron chi connectivity index (χ0n) is 18.9. The maximum absolute atomic E-state index is 12.8.